The third-order valence-corrected chi connectivity index (χ3v) is 4.64. The monoisotopic (exact) mass is 297 g/mol. The fourth-order valence-corrected chi connectivity index (χ4v) is 3.05. The molecule has 0 bridgehead atoms. The summed E-state index contributed by atoms with van der Waals surface area (Å²) in [5, 5.41) is 3.91. The topological polar surface area (TPSA) is 74.5 Å². The highest BCUT2D eigenvalue weighted by Crippen LogP contribution is 2.27. The summed E-state index contributed by atoms with van der Waals surface area (Å²) < 4.78 is 0. The molecule has 0 aromatic carbocycles. The number of thiazole rings is 1. The average Bonchev–Trinajstić information content (AvgIpc) is 2.80. The predicted molar refractivity (Wildman–Crippen MR) is 83.3 cm³/mol. The van der Waals surface area contributed by atoms with Crippen LogP contribution in [0.3, 0.4) is 0 Å². The SMILES string of the molecule is CCCNc1nc(N)c(C(=O)N2CCN(C)C(C)C2)s1. The molecule has 1 aliphatic heterocycles. The van der Waals surface area contributed by atoms with Gasteiger partial charge in [-0.2, -0.15) is 0 Å². The lowest BCUT2D eigenvalue weighted by molar-refractivity contribution is 0.0578. The first-order valence-electron chi connectivity index (χ1n) is 7.02. The van der Waals surface area contributed by atoms with Crippen LogP contribution in [0.25, 0.3) is 0 Å². The van der Waals surface area contributed by atoms with Crippen LogP contribution in [-0.4, -0.2) is 60.0 Å². The van der Waals surface area contributed by atoms with Gasteiger partial charge in [-0.1, -0.05) is 18.3 Å². The summed E-state index contributed by atoms with van der Waals surface area (Å²) in [5.74, 6) is 0.342. The van der Waals surface area contributed by atoms with Gasteiger partial charge in [-0.15, -0.1) is 0 Å². The Balaban J connectivity index is 2.07. The van der Waals surface area contributed by atoms with Crippen LogP contribution in [-0.2, 0) is 0 Å². The first-order valence-corrected chi connectivity index (χ1v) is 7.84. The van der Waals surface area contributed by atoms with Gasteiger partial charge >= 0.3 is 0 Å². The van der Waals surface area contributed by atoms with E-state index in [1.54, 1.807) is 0 Å². The second kappa shape index (κ2) is 6.41. The van der Waals surface area contributed by atoms with Crippen molar-refractivity contribution in [1.82, 2.24) is 14.8 Å². The summed E-state index contributed by atoms with van der Waals surface area (Å²) >= 11 is 1.35. The van der Waals surface area contributed by atoms with Crippen molar-refractivity contribution in [1.29, 1.82) is 0 Å². The number of amides is 1. The zero-order valence-electron chi connectivity index (χ0n) is 12.3. The Hall–Kier alpha value is -1.34. The zero-order chi connectivity index (χ0) is 14.7. The molecule has 1 atom stereocenters. The maximum absolute atomic E-state index is 12.5. The number of carbonyl (C=O) groups excluding carboxylic acids is 1. The standard InChI is InChI=1S/C13H23N5OS/c1-4-5-15-13-16-11(14)10(20-13)12(19)18-7-6-17(3)9(2)8-18/h9H,4-8,14H2,1-3H3,(H,15,16). The van der Waals surface area contributed by atoms with E-state index in [1.165, 1.54) is 11.3 Å². The molecule has 20 heavy (non-hydrogen) atoms. The van der Waals surface area contributed by atoms with Crippen LogP contribution in [0.15, 0.2) is 0 Å². The summed E-state index contributed by atoms with van der Waals surface area (Å²) in [7, 11) is 2.08. The lowest BCUT2D eigenvalue weighted by Crippen LogP contribution is -2.51. The summed E-state index contributed by atoms with van der Waals surface area (Å²) in [5.41, 5.74) is 5.88. The van der Waals surface area contributed by atoms with Crippen molar-refractivity contribution in [2.24, 2.45) is 0 Å². The van der Waals surface area contributed by atoms with E-state index in [0.29, 0.717) is 16.7 Å². The van der Waals surface area contributed by atoms with Crippen molar-refractivity contribution >= 4 is 28.2 Å². The van der Waals surface area contributed by atoms with Gasteiger partial charge in [0.25, 0.3) is 5.91 Å². The molecule has 1 fully saturated rings. The number of nitrogens with one attached hydrogen (secondary N) is 1. The fraction of sp³-hybridized carbons (Fsp3) is 0.692. The molecule has 0 saturated carbocycles. The third kappa shape index (κ3) is 3.21. The second-order valence-electron chi connectivity index (χ2n) is 5.24. The van der Waals surface area contributed by atoms with E-state index in [9.17, 15) is 4.79 Å². The quantitative estimate of drug-likeness (QED) is 0.877. The van der Waals surface area contributed by atoms with E-state index >= 15 is 0 Å². The van der Waals surface area contributed by atoms with Crippen LogP contribution in [0.2, 0.25) is 0 Å². The molecule has 1 aliphatic rings. The highest BCUT2D eigenvalue weighted by atomic mass is 32.1. The minimum Gasteiger partial charge on any atom is -0.382 e. The van der Waals surface area contributed by atoms with E-state index < -0.39 is 0 Å². The molecule has 2 rings (SSSR count). The number of rotatable bonds is 4. The van der Waals surface area contributed by atoms with Crippen LogP contribution in [0.1, 0.15) is 29.9 Å². The minimum atomic E-state index is 0.00417. The van der Waals surface area contributed by atoms with Gasteiger partial charge in [-0.3, -0.25) is 4.79 Å². The van der Waals surface area contributed by atoms with Crippen molar-refractivity contribution in [2.75, 3.05) is 44.3 Å². The second-order valence-corrected chi connectivity index (χ2v) is 6.24. The molecule has 1 amide bonds. The van der Waals surface area contributed by atoms with Gasteiger partial charge < -0.3 is 20.9 Å². The Labute approximate surface area is 124 Å². The predicted octanol–water partition coefficient (Wildman–Crippen LogP) is 1.32. The molecule has 0 radical (unpaired) electrons. The first kappa shape index (κ1) is 15.1. The van der Waals surface area contributed by atoms with Crippen molar-refractivity contribution < 1.29 is 4.79 Å². The van der Waals surface area contributed by atoms with Gasteiger partial charge in [0, 0.05) is 32.2 Å². The number of anilines is 2. The molecule has 2 heterocycles. The highest BCUT2D eigenvalue weighted by Gasteiger charge is 2.27. The highest BCUT2D eigenvalue weighted by molar-refractivity contribution is 7.18. The van der Waals surface area contributed by atoms with Crippen molar-refractivity contribution in [2.45, 2.75) is 26.3 Å². The lowest BCUT2D eigenvalue weighted by Gasteiger charge is -2.37. The molecule has 0 spiro atoms. The Morgan fingerprint density at radius 1 is 1.55 bits per heavy atom. The van der Waals surface area contributed by atoms with Crippen LogP contribution in [0, 0.1) is 0 Å². The first-order chi connectivity index (χ1) is 9.52. The third-order valence-electron chi connectivity index (χ3n) is 3.62. The van der Waals surface area contributed by atoms with Crippen LogP contribution in [0.4, 0.5) is 10.9 Å². The summed E-state index contributed by atoms with van der Waals surface area (Å²) in [6, 6.07) is 0.375. The van der Waals surface area contributed by atoms with Crippen molar-refractivity contribution in [3.05, 3.63) is 4.88 Å². The molecule has 1 aromatic rings. The Kier molecular flexibility index (Phi) is 4.82. The molecule has 1 unspecified atom stereocenters. The summed E-state index contributed by atoms with van der Waals surface area (Å²) in [6.07, 6.45) is 1.01. The number of nitrogens with two attached hydrogens (primary N) is 1. The van der Waals surface area contributed by atoms with E-state index in [-0.39, 0.29) is 5.91 Å². The number of nitrogens with zero attached hydrogens (tertiary/aromatic N) is 3. The minimum absolute atomic E-state index is 0.00417. The number of hydrogen-bond acceptors (Lipinski definition) is 6. The Morgan fingerprint density at radius 3 is 2.95 bits per heavy atom. The smallest absolute Gasteiger partial charge is 0.267 e. The molecule has 6 nitrogen and oxygen atoms in total. The number of piperazine rings is 1. The van der Waals surface area contributed by atoms with E-state index in [1.807, 2.05) is 4.90 Å². The van der Waals surface area contributed by atoms with Gasteiger partial charge in [0.1, 0.15) is 10.7 Å². The number of hydrogen-bond donors (Lipinski definition) is 2. The number of nitrogen functional groups attached to an aromatic ring is 1. The fourth-order valence-electron chi connectivity index (χ4n) is 2.17. The molecule has 1 aromatic heterocycles. The Bertz CT molecular complexity index is 475. The lowest BCUT2D eigenvalue weighted by atomic mass is 10.2. The van der Waals surface area contributed by atoms with E-state index in [4.69, 9.17) is 5.73 Å². The van der Waals surface area contributed by atoms with Gasteiger partial charge in [0.15, 0.2) is 5.13 Å². The van der Waals surface area contributed by atoms with Gasteiger partial charge in [-0.25, -0.2) is 4.98 Å². The Morgan fingerprint density at radius 2 is 2.30 bits per heavy atom. The summed E-state index contributed by atoms with van der Waals surface area (Å²) in [6.45, 7) is 7.43. The number of aromatic nitrogens is 1. The van der Waals surface area contributed by atoms with Crippen molar-refractivity contribution in [3.63, 3.8) is 0 Å². The van der Waals surface area contributed by atoms with Crippen LogP contribution < -0.4 is 11.1 Å². The molecular formula is C13H23N5OS. The number of likely N-dealkylation sites (N-methyl/N-ethyl adjacent to an activating group) is 1. The summed E-state index contributed by atoms with van der Waals surface area (Å²) in [4.78, 5) is 21.4. The van der Waals surface area contributed by atoms with Crippen molar-refractivity contribution in [3.8, 4) is 0 Å². The normalized spacial score (nSPS) is 20.1. The molecule has 3 N–H and O–H groups in total. The van der Waals surface area contributed by atoms with E-state index in [0.717, 1.165) is 37.7 Å². The van der Waals surface area contributed by atoms with Gasteiger partial charge in [0.05, 0.1) is 0 Å². The zero-order valence-corrected chi connectivity index (χ0v) is 13.2. The number of carbonyl (C=O) groups is 1. The van der Waals surface area contributed by atoms with Gasteiger partial charge in [-0.05, 0) is 20.4 Å². The molecule has 0 aliphatic carbocycles. The largest absolute Gasteiger partial charge is 0.382 e. The average molecular weight is 297 g/mol. The van der Waals surface area contributed by atoms with Crippen LogP contribution >= 0.6 is 11.3 Å². The molecule has 1 saturated heterocycles. The molecular weight excluding hydrogens is 274 g/mol. The maximum atomic E-state index is 12.5. The van der Waals surface area contributed by atoms with Crippen LogP contribution in [0.5, 0.6) is 0 Å². The van der Waals surface area contributed by atoms with Gasteiger partial charge in [0.2, 0.25) is 0 Å². The van der Waals surface area contributed by atoms with E-state index in [2.05, 4.69) is 36.1 Å². The maximum Gasteiger partial charge on any atom is 0.267 e. The molecule has 7 heteroatoms. The molecule has 112 valence electrons.